The SMILES string of the molecule is CNCCCN(C)c1nc(Cl)ccc1C(=O)O. The lowest BCUT2D eigenvalue weighted by Gasteiger charge is -2.19. The lowest BCUT2D eigenvalue weighted by atomic mass is 10.2. The average Bonchev–Trinajstić information content (AvgIpc) is 2.28. The van der Waals surface area contributed by atoms with Gasteiger partial charge in [0.15, 0.2) is 0 Å². The third-order valence-corrected chi connectivity index (χ3v) is 2.56. The zero-order valence-corrected chi connectivity index (χ0v) is 10.7. The first kappa shape index (κ1) is 13.7. The van der Waals surface area contributed by atoms with Gasteiger partial charge in [0, 0.05) is 13.6 Å². The Balaban J connectivity index is 2.86. The molecule has 0 fully saturated rings. The summed E-state index contributed by atoms with van der Waals surface area (Å²) in [6.45, 7) is 1.59. The zero-order chi connectivity index (χ0) is 12.8. The van der Waals surface area contributed by atoms with Crippen molar-refractivity contribution < 1.29 is 9.90 Å². The molecule has 0 aliphatic rings. The number of aromatic carboxylic acids is 1. The molecular formula is C11H16ClN3O2. The Bertz CT molecular complexity index is 398. The second-order valence-corrected chi connectivity index (χ2v) is 4.08. The van der Waals surface area contributed by atoms with Crippen molar-refractivity contribution in [2.75, 3.05) is 32.1 Å². The van der Waals surface area contributed by atoms with Gasteiger partial charge >= 0.3 is 5.97 Å². The monoisotopic (exact) mass is 257 g/mol. The highest BCUT2D eigenvalue weighted by Gasteiger charge is 2.15. The topological polar surface area (TPSA) is 65.5 Å². The maximum absolute atomic E-state index is 11.0. The maximum atomic E-state index is 11.0. The minimum atomic E-state index is -0.996. The summed E-state index contributed by atoms with van der Waals surface area (Å²) in [5.41, 5.74) is 0.168. The molecule has 6 heteroatoms. The Labute approximate surface area is 105 Å². The predicted molar refractivity (Wildman–Crippen MR) is 68.0 cm³/mol. The molecule has 5 nitrogen and oxygen atoms in total. The Morgan fingerprint density at radius 3 is 2.88 bits per heavy atom. The fourth-order valence-corrected chi connectivity index (χ4v) is 1.63. The number of nitrogens with one attached hydrogen (secondary N) is 1. The molecule has 1 heterocycles. The van der Waals surface area contributed by atoms with Crippen molar-refractivity contribution in [2.24, 2.45) is 0 Å². The van der Waals surface area contributed by atoms with Crippen LogP contribution in [0.1, 0.15) is 16.8 Å². The Morgan fingerprint density at radius 1 is 1.59 bits per heavy atom. The van der Waals surface area contributed by atoms with Crippen LogP contribution in [0.4, 0.5) is 5.82 Å². The molecule has 0 aromatic carbocycles. The van der Waals surface area contributed by atoms with Gasteiger partial charge in [0.25, 0.3) is 0 Å². The number of nitrogens with zero attached hydrogens (tertiary/aromatic N) is 2. The molecule has 1 rings (SSSR count). The van der Waals surface area contributed by atoms with Gasteiger partial charge in [-0.1, -0.05) is 11.6 Å². The van der Waals surface area contributed by atoms with Crippen LogP contribution in [0.25, 0.3) is 0 Å². The first-order chi connectivity index (χ1) is 8.06. The van der Waals surface area contributed by atoms with Crippen LogP contribution in [-0.2, 0) is 0 Å². The second kappa shape index (κ2) is 6.42. The minimum absolute atomic E-state index is 0.168. The fourth-order valence-electron chi connectivity index (χ4n) is 1.48. The number of carboxylic acids is 1. The molecule has 0 unspecified atom stereocenters. The van der Waals surface area contributed by atoms with Gasteiger partial charge in [0.2, 0.25) is 0 Å². The summed E-state index contributed by atoms with van der Waals surface area (Å²) < 4.78 is 0. The number of rotatable bonds is 6. The normalized spacial score (nSPS) is 10.3. The van der Waals surface area contributed by atoms with Crippen molar-refractivity contribution in [2.45, 2.75) is 6.42 Å². The summed E-state index contributed by atoms with van der Waals surface area (Å²) in [6, 6.07) is 2.96. The molecule has 17 heavy (non-hydrogen) atoms. The van der Waals surface area contributed by atoms with Crippen LogP contribution < -0.4 is 10.2 Å². The minimum Gasteiger partial charge on any atom is -0.478 e. The van der Waals surface area contributed by atoms with Gasteiger partial charge in [-0.05, 0) is 32.1 Å². The number of hydrogen-bond donors (Lipinski definition) is 2. The van der Waals surface area contributed by atoms with Crippen LogP contribution in [-0.4, -0.2) is 43.2 Å². The highest BCUT2D eigenvalue weighted by Crippen LogP contribution is 2.19. The molecule has 0 aliphatic heterocycles. The Hall–Kier alpha value is -1.33. The number of aromatic nitrogens is 1. The summed E-state index contributed by atoms with van der Waals surface area (Å²) in [5.74, 6) is -0.592. The number of pyridine rings is 1. The van der Waals surface area contributed by atoms with E-state index >= 15 is 0 Å². The van der Waals surface area contributed by atoms with E-state index in [2.05, 4.69) is 10.3 Å². The van der Waals surface area contributed by atoms with Crippen LogP contribution in [0.5, 0.6) is 0 Å². The Kier molecular flexibility index (Phi) is 5.18. The number of hydrogen-bond acceptors (Lipinski definition) is 4. The highest BCUT2D eigenvalue weighted by atomic mass is 35.5. The van der Waals surface area contributed by atoms with Crippen molar-refractivity contribution in [1.29, 1.82) is 0 Å². The van der Waals surface area contributed by atoms with Gasteiger partial charge in [-0.3, -0.25) is 0 Å². The summed E-state index contributed by atoms with van der Waals surface area (Å²) >= 11 is 5.78. The van der Waals surface area contributed by atoms with Crippen molar-refractivity contribution in [3.8, 4) is 0 Å². The van der Waals surface area contributed by atoms with E-state index in [-0.39, 0.29) is 5.56 Å². The van der Waals surface area contributed by atoms with E-state index in [4.69, 9.17) is 16.7 Å². The number of carbonyl (C=O) groups is 1. The van der Waals surface area contributed by atoms with Gasteiger partial charge in [-0.25, -0.2) is 9.78 Å². The first-order valence-corrected chi connectivity index (χ1v) is 5.69. The summed E-state index contributed by atoms with van der Waals surface area (Å²) in [4.78, 5) is 16.9. The van der Waals surface area contributed by atoms with Gasteiger partial charge in [0.05, 0.1) is 0 Å². The van der Waals surface area contributed by atoms with Crippen LogP contribution >= 0.6 is 11.6 Å². The molecule has 94 valence electrons. The van der Waals surface area contributed by atoms with Crippen molar-refractivity contribution in [3.63, 3.8) is 0 Å². The standard InChI is InChI=1S/C11H16ClN3O2/c1-13-6-3-7-15(2)10-8(11(16)17)4-5-9(12)14-10/h4-5,13H,3,6-7H2,1-2H3,(H,16,17). The highest BCUT2D eigenvalue weighted by molar-refractivity contribution is 6.29. The van der Waals surface area contributed by atoms with E-state index in [1.54, 1.807) is 11.9 Å². The largest absolute Gasteiger partial charge is 0.478 e. The van der Waals surface area contributed by atoms with Crippen LogP contribution in [0.3, 0.4) is 0 Å². The molecule has 0 bridgehead atoms. The molecule has 0 aliphatic carbocycles. The molecule has 0 amide bonds. The maximum Gasteiger partial charge on any atom is 0.339 e. The van der Waals surface area contributed by atoms with Crippen LogP contribution in [0.2, 0.25) is 5.15 Å². The fraction of sp³-hybridized carbons (Fsp3) is 0.455. The van der Waals surface area contributed by atoms with Gasteiger partial charge in [-0.2, -0.15) is 0 Å². The average molecular weight is 258 g/mol. The predicted octanol–water partition coefficient (Wildman–Crippen LogP) is 1.48. The summed E-state index contributed by atoms with van der Waals surface area (Å²) in [7, 11) is 3.68. The van der Waals surface area contributed by atoms with Crippen LogP contribution in [0, 0.1) is 0 Å². The molecule has 2 N–H and O–H groups in total. The van der Waals surface area contributed by atoms with E-state index in [0.717, 1.165) is 13.0 Å². The van der Waals surface area contributed by atoms with E-state index in [0.29, 0.717) is 17.5 Å². The van der Waals surface area contributed by atoms with Gasteiger partial charge in [0.1, 0.15) is 16.5 Å². The molecule has 1 aromatic rings. The molecule has 0 spiro atoms. The molecule has 0 saturated carbocycles. The third-order valence-electron chi connectivity index (χ3n) is 2.35. The van der Waals surface area contributed by atoms with Crippen molar-refractivity contribution in [1.82, 2.24) is 10.3 Å². The molecule has 0 radical (unpaired) electrons. The van der Waals surface area contributed by atoms with Crippen molar-refractivity contribution in [3.05, 3.63) is 22.8 Å². The first-order valence-electron chi connectivity index (χ1n) is 5.32. The van der Waals surface area contributed by atoms with Gasteiger partial charge < -0.3 is 15.3 Å². The van der Waals surface area contributed by atoms with E-state index in [9.17, 15) is 4.79 Å². The molecule has 1 aromatic heterocycles. The summed E-state index contributed by atoms with van der Waals surface area (Å²) in [6.07, 6.45) is 0.903. The zero-order valence-electron chi connectivity index (χ0n) is 9.90. The Morgan fingerprint density at radius 2 is 2.29 bits per heavy atom. The van der Waals surface area contributed by atoms with Crippen molar-refractivity contribution >= 4 is 23.4 Å². The molecule has 0 atom stereocenters. The third kappa shape index (κ3) is 3.87. The quantitative estimate of drug-likeness (QED) is 0.597. The van der Waals surface area contributed by atoms with E-state index in [1.807, 2.05) is 7.05 Å². The smallest absolute Gasteiger partial charge is 0.339 e. The number of anilines is 1. The number of halogens is 1. The van der Waals surface area contributed by atoms with E-state index in [1.165, 1.54) is 12.1 Å². The molecular weight excluding hydrogens is 242 g/mol. The van der Waals surface area contributed by atoms with Crippen LogP contribution in [0.15, 0.2) is 12.1 Å². The van der Waals surface area contributed by atoms with E-state index < -0.39 is 5.97 Å². The number of carboxylic acid groups (broad SMARTS) is 1. The molecule has 0 saturated heterocycles. The lowest BCUT2D eigenvalue weighted by molar-refractivity contribution is 0.0697. The second-order valence-electron chi connectivity index (χ2n) is 3.69. The summed E-state index contributed by atoms with van der Waals surface area (Å²) in [5, 5.41) is 12.4. The lowest BCUT2D eigenvalue weighted by Crippen LogP contribution is -2.25. The van der Waals surface area contributed by atoms with Gasteiger partial charge in [-0.15, -0.1) is 0 Å².